The predicted octanol–water partition coefficient (Wildman–Crippen LogP) is 2.40. The van der Waals surface area contributed by atoms with Gasteiger partial charge in [0.1, 0.15) is 5.82 Å². The molecule has 4 atom stereocenters. The summed E-state index contributed by atoms with van der Waals surface area (Å²) < 4.78 is 13.1. The third-order valence-corrected chi connectivity index (χ3v) is 5.84. The molecular formula is C20H30FN3O. The highest BCUT2D eigenvalue weighted by molar-refractivity contribution is 5.82. The van der Waals surface area contributed by atoms with Gasteiger partial charge in [0.05, 0.1) is 6.04 Å². The van der Waals surface area contributed by atoms with Crippen LogP contribution in [0, 0.1) is 23.6 Å². The first-order chi connectivity index (χ1) is 12.0. The summed E-state index contributed by atoms with van der Waals surface area (Å²) in [5, 5.41) is 6.42. The highest BCUT2D eigenvalue weighted by Gasteiger charge is 2.43. The number of carbonyl (C=O) groups is 1. The molecule has 3 unspecified atom stereocenters. The van der Waals surface area contributed by atoms with E-state index >= 15 is 0 Å². The molecule has 3 rings (SSSR count). The first kappa shape index (κ1) is 18.3. The molecule has 0 aromatic heterocycles. The lowest BCUT2D eigenvalue weighted by Crippen LogP contribution is -2.50. The van der Waals surface area contributed by atoms with Crippen LogP contribution in [0.25, 0.3) is 0 Å². The van der Waals surface area contributed by atoms with Crippen molar-refractivity contribution < 1.29 is 9.18 Å². The molecule has 0 spiro atoms. The van der Waals surface area contributed by atoms with Crippen LogP contribution in [0.1, 0.15) is 32.3 Å². The van der Waals surface area contributed by atoms with Gasteiger partial charge in [0.15, 0.2) is 0 Å². The maximum Gasteiger partial charge on any atom is 0.237 e. The maximum atomic E-state index is 13.1. The largest absolute Gasteiger partial charge is 0.352 e. The number of carbonyl (C=O) groups excluding carboxylic acids is 1. The van der Waals surface area contributed by atoms with E-state index in [1.54, 1.807) is 0 Å². The number of likely N-dealkylation sites (tertiary alicyclic amines) is 1. The second kappa shape index (κ2) is 7.83. The second-order valence-corrected chi connectivity index (χ2v) is 7.95. The fraction of sp³-hybridized carbons (Fsp3) is 0.650. The van der Waals surface area contributed by atoms with Crippen molar-refractivity contribution in [2.75, 3.05) is 20.1 Å². The number of amides is 1. The molecule has 1 aromatic carbocycles. The van der Waals surface area contributed by atoms with Gasteiger partial charge in [0.25, 0.3) is 0 Å². The van der Waals surface area contributed by atoms with Crippen LogP contribution >= 0.6 is 0 Å². The molecule has 1 amide bonds. The van der Waals surface area contributed by atoms with Crippen molar-refractivity contribution in [3.05, 3.63) is 35.6 Å². The first-order valence-electron chi connectivity index (χ1n) is 9.42. The monoisotopic (exact) mass is 347 g/mol. The van der Waals surface area contributed by atoms with Crippen LogP contribution in [0.3, 0.4) is 0 Å². The van der Waals surface area contributed by atoms with Crippen molar-refractivity contribution in [2.45, 2.75) is 45.3 Å². The summed E-state index contributed by atoms with van der Waals surface area (Å²) in [6.07, 6.45) is 2.27. The van der Waals surface area contributed by atoms with Gasteiger partial charge in [-0.25, -0.2) is 4.39 Å². The Morgan fingerprint density at radius 3 is 2.60 bits per heavy atom. The van der Waals surface area contributed by atoms with Crippen LogP contribution < -0.4 is 10.6 Å². The zero-order valence-electron chi connectivity index (χ0n) is 15.5. The van der Waals surface area contributed by atoms with E-state index in [9.17, 15) is 9.18 Å². The molecule has 25 heavy (non-hydrogen) atoms. The van der Waals surface area contributed by atoms with Gasteiger partial charge in [-0.15, -0.1) is 0 Å². The Balaban J connectivity index is 1.56. The standard InChI is InChI=1S/C20H30FN3O/c1-13(2)19(22-3)20(25)23-18-9-6-15-11-24(12-17(15)18)10-14-4-7-16(21)8-5-14/h4-5,7-8,13,15,17-19,22H,6,9-12H2,1-3H3,(H,23,25)/t15-,17?,18?,19?/m0/s1. The van der Waals surface area contributed by atoms with Crippen molar-refractivity contribution in [2.24, 2.45) is 17.8 Å². The zero-order chi connectivity index (χ0) is 18.0. The van der Waals surface area contributed by atoms with Gasteiger partial charge in [-0.3, -0.25) is 9.69 Å². The van der Waals surface area contributed by atoms with Crippen LogP contribution in [0.4, 0.5) is 4.39 Å². The summed E-state index contributed by atoms with van der Waals surface area (Å²) in [4.78, 5) is 15.0. The van der Waals surface area contributed by atoms with E-state index in [0.29, 0.717) is 11.8 Å². The molecule has 2 aliphatic rings. The van der Waals surface area contributed by atoms with E-state index in [-0.39, 0.29) is 29.7 Å². The van der Waals surface area contributed by atoms with E-state index in [1.807, 2.05) is 19.2 Å². The van der Waals surface area contributed by atoms with E-state index < -0.39 is 0 Å². The van der Waals surface area contributed by atoms with Gasteiger partial charge >= 0.3 is 0 Å². The summed E-state index contributed by atoms with van der Waals surface area (Å²) in [7, 11) is 1.85. The molecule has 1 aliphatic carbocycles. The van der Waals surface area contributed by atoms with Crippen LogP contribution in [0.15, 0.2) is 24.3 Å². The van der Waals surface area contributed by atoms with E-state index in [0.717, 1.165) is 31.6 Å². The zero-order valence-corrected chi connectivity index (χ0v) is 15.5. The Bertz CT molecular complexity index is 589. The molecule has 1 heterocycles. The van der Waals surface area contributed by atoms with Crippen molar-refractivity contribution >= 4 is 5.91 Å². The quantitative estimate of drug-likeness (QED) is 0.831. The lowest BCUT2D eigenvalue weighted by atomic mass is 9.97. The van der Waals surface area contributed by atoms with Crippen LogP contribution in [-0.4, -0.2) is 43.0 Å². The minimum absolute atomic E-state index is 0.125. The lowest BCUT2D eigenvalue weighted by molar-refractivity contribution is -0.125. The Morgan fingerprint density at radius 1 is 1.24 bits per heavy atom. The van der Waals surface area contributed by atoms with Gasteiger partial charge in [0.2, 0.25) is 5.91 Å². The molecule has 138 valence electrons. The topological polar surface area (TPSA) is 44.4 Å². The normalized spacial score (nSPS) is 27.5. The highest BCUT2D eigenvalue weighted by atomic mass is 19.1. The van der Waals surface area contributed by atoms with E-state index in [4.69, 9.17) is 0 Å². The molecule has 0 radical (unpaired) electrons. The number of nitrogens with zero attached hydrogens (tertiary/aromatic N) is 1. The third kappa shape index (κ3) is 4.21. The lowest BCUT2D eigenvalue weighted by Gasteiger charge is -2.26. The number of benzene rings is 1. The van der Waals surface area contributed by atoms with Gasteiger partial charge in [-0.1, -0.05) is 26.0 Å². The maximum absolute atomic E-state index is 13.1. The summed E-state index contributed by atoms with van der Waals surface area (Å²) in [6.45, 7) is 7.09. The fourth-order valence-corrected chi connectivity index (χ4v) is 4.55. The minimum atomic E-state index is -0.186. The predicted molar refractivity (Wildman–Crippen MR) is 97.5 cm³/mol. The third-order valence-electron chi connectivity index (χ3n) is 5.84. The summed E-state index contributed by atoms with van der Waals surface area (Å²) in [5.41, 5.74) is 1.15. The number of hydrogen-bond acceptors (Lipinski definition) is 3. The van der Waals surface area contributed by atoms with Crippen molar-refractivity contribution in [3.63, 3.8) is 0 Å². The average molecular weight is 347 g/mol. The van der Waals surface area contributed by atoms with Crippen molar-refractivity contribution in [1.29, 1.82) is 0 Å². The highest BCUT2D eigenvalue weighted by Crippen LogP contribution is 2.38. The van der Waals surface area contributed by atoms with Crippen LogP contribution in [-0.2, 0) is 11.3 Å². The summed E-state index contributed by atoms with van der Waals surface area (Å²) in [5.74, 6) is 1.42. The SMILES string of the molecule is CNC(C(=O)NC1CC[C@H]2CN(Cc3ccc(F)cc3)CC12)C(C)C. The van der Waals surface area contributed by atoms with Crippen LogP contribution in [0.5, 0.6) is 0 Å². The molecule has 1 saturated carbocycles. The smallest absolute Gasteiger partial charge is 0.237 e. The van der Waals surface area contributed by atoms with Crippen molar-refractivity contribution in [1.82, 2.24) is 15.5 Å². The molecular weight excluding hydrogens is 317 g/mol. The van der Waals surface area contributed by atoms with Gasteiger partial charge in [-0.05, 0) is 55.3 Å². The van der Waals surface area contributed by atoms with Gasteiger partial charge in [0, 0.05) is 25.7 Å². The molecule has 1 aromatic rings. The number of hydrogen-bond donors (Lipinski definition) is 2. The van der Waals surface area contributed by atoms with Crippen LogP contribution in [0.2, 0.25) is 0 Å². The second-order valence-electron chi connectivity index (χ2n) is 7.95. The summed E-state index contributed by atoms with van der Waals surface area (Å²) in [6, 6.07) is 6.94. The summed E-state index contributed by atoms with van der Waals surface area (Å²) >= 11 is 0. The van der Waals surface area contributed by atoms with Gasteiger partial charge in [-0.2, -0.15) is 0 Å². The average Bonchev–Trinajstić information content (AvgIpc) is 3.11. The fourth-order valence-electron chi connectivity index (χ4n) is 4.55. The minimum Gasteiger partial charge on any atom is -0.352 e. The first-order valence-corrected chi connectivity index (χ1v) is 9.42. The number of likely N-dealkylation sites (N-methyl/N-ethyl adjacent to an activating group) is 1. The Labute approximate surface area is 150 Å². The van der Waals surface area contributed by atoms with Gasteiger partial charge < -0.3 is 10.6 Å². The molecule has 1 saturated heterocycles. The van der Waals surface area contributed by atoms with E-state index in [1.165, 1.54) is 18.6 Å². The number of halogens is 1. The Kier molecular flexibility index (Phi) is 5.74. The number of nitrogens with one attached hydrogen (secondary N) is 2. The molecule has 2 fully saturated rings. The number of rotatable bonds is 6. The Morgan fingerprint density at radius 2 is 1.96 bits per heavy atom. The van der Waals surface area contributed by atoms with E-state index in [2.05, 4.69) is 29.4 Å². The molecule has 2 N–H and O–H groups in total. The molecule has 0 bridgehead atoms. The van der Waals surface area contributed by atoms with Crippen molar-refractivity contribution in [3.8, 4) is 0 Å². The number of fused-ring (bicyclic) bond motifs is 1. The molecule has 4 nitrogen and oxygen atoms in total. The molecule has 5 heteroatoms. The Hall–Kier alpha value is -1.46. The molecule has 1 aliphatic heterocycles.